The third kappa shape index (κ3) is 3.57. The fourth-order valence-electron chi connectivity index (χ4n) is 3.20. The van der Waals surface area contributed by atoms with Crippen molar-refractivity contribution >= 4 is 23.2 Å². The number of nitrogens with zero attached hydrogens (tertiary/aromatic N) is 1. The number of hydrogen-bond acceptors (Lipinski definition) is 2. The number of carbonyl (C=O) groups is 1. The highest BCUT2D eigenvalue weighted by atomic mass is 35.5. The van der Waals surface area contributed by atoms with Crippen molar-refractivity contribution in [3.8, 4) is 0 Å². The molecule has 23 heavy (non-hydrogen) atoms. The minimum absolute atomic E-state index is 0.0169. The summed E-state index contributed by atoms with van der Waals surface area (Å²) in [6, 6.07) is 14.4. The Morgan fingerprint density at radius 2 is 2.09 bits per heavy atom. The summed E-state index contributed by atoms with van der Waals surface area (Å²) in [4.78, 5) is 14.4. The van der Waals surface area contributed by atoms with Gasteiger partial charge in [-0.15, -0.1) is 0 Å². The van der Waals surface area contributed by atoms with Gasteiger partial charge >= 0.3 is 0 Å². The fourth-order valence-corrected chi connectivity index (χ4v) is 3.38. The van der Waals surface area contributed by atoms with E-state index in [2.05, 4.69) is 34.5 Å². The number of fused-ring (bicyclic) bond motifs is 1. The molecule has 0 saturated heterocycles. The lowest BCUT2D eigenvalue weighted by Crippen LogP contribution is -2.32. The van der Waals surface area contributed by atoms with E-state index in [1.165, 1.54) is 11.1 Å². The summed E-state index contributed by atoms with van der Waals surface area (Å²) in [5.41, 5.74) is 4.49. The van der Waals surface area contributed by atoms with Gasteiger partial charge in [-0.05, 0) is 55.6 Å². The summed E-state index contributed by atoms with van der Waals surface area (Å²) in [5.74, 6) is -0.0169. The van der Waals surface area contributed by atoms with E-state index in [9.17, 15) is 4.79 Å². The van der Waals surface area contributed by atoms with Crippen molar-refractivity contribution in [2.75, 3.05) is 18.9 Å². The van der Waals surface area contributed by atoms with Crippen LogP contribution in [0.25, 0.3) is 0 Å². The average Bonchev–Trinajstić information content (AvgIpc) is 2.95. The maximum Gasteiger partial charge on any atom is 0.238 e. The predicted octanol–water partition coefficient (Wildman–Crippen LogP) is 4.21. The van der Waals surface area contributed by atoms with Crippen molar-refractivity contribution in [3.63, 3.8) is 0 Å². The van der Waals surface area contributed by atoms with Crippen LogP contribution in [0, 0.1) is 6.92 Å². The van der Waals surface area contributed by atoms with Crippen LogP contribution in [0.4, 0.5) is 5.69 Å². The molecule has 4 heteroatoms. The summed E-state index contributed by atoms with van der Waals surface area (Å²) in [6.45, 7) is 2.31. The third-order valence-electron chi connectivity index (χ3n) is 4.48. The van der Waals surface area contributed by atoms with Crippen LogP contribution in [0.15, 0.2) is 42.5 Å². The molecule has 0 aliphatic heterocycles. The lowest BCUT2D eigenvalue weighted by molar-refractivity contribution is -0.117. The Hall–Kier alpha value is -1.84. The second-order valence-electron chi connectivity index (χ2n) is 6.18. The van der Waals surface area contributed by atoms with Crippen LogP contribution in [-0.2, 0) is 11.2 Å². The molecule has 0 radical (unpaired) electrons. The SMILES string of the molecule is Cc1ccc(NC(=O)CN(C)[C@@H]2CCc3ccccc32)cc1Cl. The molecule has 1 aliphatic carbocycles. The fraction of sp³-hybridized carbons (Fsp3) is 0.316. The lowest BCUT2D eigenvalue weighted by atomic mass is 10.1. The molecule has 2 aromatic carbocycles. The Morgan fingerprint density at radius 1 is 1.30 bits per heavy atom. The Bertz CT molecular complexity index is 729. The second kappa shape index (κ2) is 6.73. The van der Waals surface area contributed by atoms with Gasteiger partial charge in [0.2, 0.25) is 5.91 Å². The van der Waals surface area contributed by atoms with Gasteiger partial charge in [-0.25, -0.2) is 0 Å². The quantitative estimate of drug-likeness (QED) is 0.912. The van der Waals surface area contributed by atoms with E-state index in [-0.39, 0.29) is 5.91 Å². The molecule has 0 fully saturated rings. The first-order valence-electron chi connectivity index (χ1n) is 7.88. The van der Waals surface area contributed by atoms with E-state index in [1.54, 1.807) is 6.07 Å². The van der Waals surface area contributed by atoms with Crippen molar-refractivity contribution in [2.45, 2.75) is 25.8 Å². The molecule has 0 heterocycles. The van der Waals surface area contributed by atoms with Gasteiger partial charge in [-0.1, -0.05) is 41.9 Å². The average molecular weight is 329 g/mol. The van der Waals surface area contributed by atoms with Gasteiger partial charge < -0.3 is 5.32 Å². The highest BCUT2D eigenvalue weighted by Gasteiger charge is 2.26. The molecule has 0 aromatic heterocycles. The zero-order valence-corrected chi connectivity index (χ0v) is 14.2. The predicted molar refractivity (Wildman–Crippen MR) is 95.0 cm³/mol. The van der Waals surface area contributed by atoms with E-state index < -0.39 is 0 Å². The molecule has 1 N–H and O–H groups in total. The molecule has 0 bridgehead atoms. The molecule has 1 aliphatic rings. The normalized spacial score (nSPS) is 16.4. The smallest absolute Gasteiger partial charge is 0.238 e. The van der Waals surface area contributed by atoms with Crippen molar-refractivity contribution < 1.29 is 4.79 Å². The van der Waals surface area contributed by atoms with Crippen LogP contribution >= 0.6 is 11.6 Å². The molecule has 2 aromatic rings. The second-order valence-corrected chi connectivity index (χ2v) is 6.59. The number of aryl methyl sites for hydroxylation is 2. The number of halogens is 1. The third-order valence-corrected chi connectivity index (χ3v) is 4.89. The van der Waals surface area contributed by atoms with Gasteiger partial charge in [0.15, 0.2) is 0 Å². The van der Waals surface area contributed by atoms with Gasteiger partial charge in [-0.3, -0.25) is 9.69 Å². The van der Waals surface area contributed by atoms with Crippen molar-refractivity contribution in [3.05, 3.63) is 64.2 Å². The summed E-state index contributed by atoms with van der Waals surface area (Å²) in [6.07, 6.45) is 2.15. The van der Waals surface area contributed by atoms with Crippen LogP contribution in [0.2, 0.25) is 5.02 Å². The summed E-state index contributed by atoms with van der Waals surface area (Å²) < 4.78 is 0. The maximum atomic E-state index is 12.3. The minimum atomic E-state index is -0.0169. The van der Waals surface area contributed by atoms with Gasteiger partial charge in [0.05, 0.1) is 6.54 Å². The summed E-state index contributed by atoms with van der Waals surface area (Å²) >= 11 is 6.10. The number of rotatable bonds is 4. The van der Waals surface area contributed by atoms with Crippen LogP contribution in [0.1, 0.15) is 29.2 Å². The summed E-state index contributed by atoms with van der Waals surface area (Å²) in [5, 5.41) is 3.59. The number of carbonyl (C=O) groups excluding carboxylic acids is 1. The van der Waals surface area contributed by atoms with Gasteiger partial charge in [0.1, 0.15) is 0 Å². The molecular formula is C19H21ClN2O. The monoisotopic (exact) mass is 328 g/mol. The van der Waals surface area contributed by atoms with E-state index in [4.69, 9.17) is 11.6 Å². The molecule has 3 nitrogen and oxygen atoms in total. The molecule has 120 valence electrons. The first-order valence-corrected chi connectivity index (χ1v) is 8.26. The zero-order chi connectivity index (χ0) is 16.4. The molecule has 1 atom stereocenters. The van der Waals surface area contributed by atoms with Gasteiger partial charge in [-0.2, -0.15) is 0 Å². The van der Waals surface area contributed by atoms with Crippen LogP contribution in [-0.4, -0.2) is 24.4 Å². The number of benzene rings is 2. The van der Waals surface area contributed by atoms with E-state index in [1.807, 2.05) is 26.1 Å². The van der Waals surface area contributed by atoms with E-state index in [0.29, 0.717) is 17.6 Å². The number of hydrogen-bond donors (Lipinski definition) is 1. The Labute approximate surface area is 142 Å². The standard InChI is InChI=1S/C19H21ClN2O/c1-13-7-9-15(11-17(13)20)21-19(23)12-22(2)18-10-8-14-5-3-4-6-16(14)18/h3-7,9,11,18H,8,10,12H2,1-2H3,(H,21,23)/t18-/m1/s1. The largest absolute Gasteiger partial charge is 0.325 e. The number of likely N-dealkylation sites (N-methyl/N-ethyl adjacent to an activating group) is 1. The molecule has 0 saturated carbocycles. The lowest BCUT2D eigenvalue weighted by Gasteiger charge is -2.24. The number of anilines is 1. The maximum absolute atomic E-state index is 12.3. The molecule has 0 spiro atoms. The first-order chi connectivity index (χ1) is 11.0. The number of amides is 1. The topological polar surface area (TPSA) is 32.3 Å². The van der Waals surface area contributed by atoms with Crippen molar-refractivity contribution in [1.29, 1.82) is 0 Å². The molecule has 0 unspecified atom stereocenters. The van der Waals surface area contributed by atoms with Gasteiger partial charge in [0.25, 0.3) is 0 Å². The van der Waals surface area contributed by atoms with Crippen LogP contribution in [0.3, 0.4) is 0 Å². The van der Waals surface area contributed by atoms with Gasteiger partial charge in [0, 0.05) is 16.8 Å². The molecule has 3 rings (SSSR count). The highest BCUT2D eigenvalue weighted by Crippen LogP contribution is 2.34. The Balaban J connectivity index is 1.63. The Kier molecular flexibility index (Phi) is 4.69. The summed E-state index contributed by atoms with van der Waals surface area (Å²) in [7, 11) is 2.01. The molecular weight excluding hydrogens is 308 g/mol. The highest BCUT2D eigenvalue weighted by molar-refractivity contribution is 6.31. The van der Waals surface area contributed by atoms with E-state index >= 15 is 0 Å². The minimum Gasteiger partial charge on any atom is -0.325 e. The van der Waals surface area contributed by atoms with Crippen molar-refractivity contribution in [2.24, 2.45) is 0 Å². The van der Waals surface area contributed by atoms with Crippen molar-refractivity contribution in [1.82, 2.24) is 4.90 Å². The molecule has 1 amide bonds. The number of nitrogens with one attached hydrogen (secondary N) is 1. The van der Waals surface area contributed by atoms with Crippen LogP contribution < -0.4 is 5.32 Å². The zero-order valence-electron chi connectivity index (χ0n) is 13.5. The van der Waals surface area contributed by atoms with Crippen LogP contribution in [0.5, 0.6) is 0 Å². The first kappa shape index (κ1) is 16.0. The van der Waals surface area contributed by atoms with E-state index in [0.717, 1.165) is 24.1 Å². The Morgan fingerprint density at radius 3 is 2.87 bits per heavy atom.